The molecule has 0 aliphatic heterocycles. The molecule has 0 spiro atoms. The summed E-state index contributed by atoms with van der Waals surface area (Å²) in [6.45, 7) is 4.54. The fourth-order valence-electron chi connectivity index (χ4n) is 1.63. The summed E-state index contributed by atoms with van der Waals surface area (Å²) in [5.74, 6) is 0. The molecule has 0 radical (unpaired) electrons. The number of fused-ring (bicyclic) bond motifs is 1. The predicted molar refractivity (Wildman–Crippen MR) is 55.8 cm³/mol. The van der Waals surface area contributed by atoms with Crippen LogP contribution in [0.4, 0.5) is 0 Å². The van der Waals surface area contributed by atoms with Gasteiger partial charge in [0.15, 0.2) is 0 Å². The molecular weight excluding hydrogens is 194 g/mol. The van der Waals surface area contributed by atoms with Crippen molar-refractivity contribution in [1.29, 1.82) is 0 Å². The van der Waals surface area contributed by atoms with Gasteiger partial charge in [0.1, 0.15) is 0 Å². The van der Waals surface area contributed by atoms with Gasteiger partial charge in [0.25, 0.3) is 0 Å². The standard InChI is InChI=1S/C11H15NO3/c1-3-12(13)8(2)6-9-4-5-10-11(7-9)15-14-10/h4-5,7-8,13H,3,6H2,1-2H3/t8-/m0/s1. The third-order valence-electron chi connectivity index (χ3n) is 2.59. The van der Waals surface area contributed by atoms with E-state index >= 15 is 0 Å². The van der Waals surface area contributed by atoms with E-state index in [-0.39, 0.29) is 6.04 Å². The van der Waals surface area contributed by atoms with Crippen LogP contribution in [-0.4, -0.2) is 22.9 Å². The largest absolute Gasteiger partial charge is 0.314 e. The molecule has 1 heterocycles. The molecule has 1 N–H and O–H groups in total. The van der Waals surface area contributed by atoms with E-state index in [1.807, 2.05) is 32.0 Å². The Labute approximate surface area is 88.0 Å². The summed E-state index contributed by atoms with van der Waals surface area (Å²) in [5, 5.41) is 10.8. The lowest BCUT2D eigenvalue weighted by molar-refractivity contribution is -0.117. The van der Waals surface area contributed by atoms with Gasteiger partial charge in [0.05, 0.1) is 0 Å². The molecule has 2 aromatic rings. The summed E-state index contributed by atoms with van der Waals surface area (Å²) < 4.78 is 9.55. The average molecular weight is 209 g/mol. The van der Waals surface area contributed by atoms with Crippen LogP contribution >= 0.6 is 0 Å². The summed E-state index contributed by atoms with van der Waals surface area (Å²) in [7, 11) is 0. The van der Waals surface area contributed by atoms with Crippen LogP contribution in [-0.2, 0) is 6.42 Å². The first kappa shape index (κ1) is 10.3. The van der Waals surface area contributed by atoms with Crippen LogP contribution in [0.5, 0.6) is 0 Å². The van der Waals surface area contributed by atoms with E-state index in [0.717, 1.165) is 23.2 Å². The predicted octanol–water partition coefficient (Wildman–Crippen LogP) is 2.67. The quantitative estimate of drug-likeness (QED) is 0.621. The average Bonchev–Trinajstić information content (AvgIpc) is 2.21. The minimum Gasteiger partial charge on any atom is -0.314 e. The van der Waals surface area contributed by atoms with Crippen LogP contribution in [0.15, 0.2) is 27.4 Å². The van der Waals surface area contributed by atoms with Gasteiger partial charge >= 0.3 is 0 Å². The molecule has 1 aromatic carbocycles. The van der Waals surface area contributed by atoms with Crippen LogP contribution in [0.2, 0.25) is 0 Å². The van der Waals surface area contributed by atoms with Gasteiger partial charge in [-0.05, 0) is 31.0 Å². The lowest BCUT2D eigenvalue weighted by Gasteiger charge is -2.20. The Morgan fingerprint density at radius 3 is 2.60 bits per heavy atom. The molecular formula is C11H15NO3. The molecule has 82 valence electrons. The van der Waals surface area contributed by atoms with Crippen LogP contribution in [0, 0.1) is 0 Å². The first-order valence-electron chi connectivity index (χ1n) is 5.13. The van der Waals surface area contributed by atoms with Gasteiger partial charge in [0.2, 0.25) is 11.2 Å². The Morgan fingerprint density at radius 1 is 1.33 bits per heavy atom. The summed E-state index contributed by atoms with van der Waals surface area (Å²) in [4.78, 5) is 0. The van der Waals surface area contributed by atoms with Gasteiger partial charge in [-0.15, -0.1) is 0 Å². The van der Waals surface area contributed by atoms with Crippen molar-refractivity contribution in [3.05, 3.63) is 23.8 Å². The number of hydrogen-bond donors (Lipinski definition) is 1. The first-order chi connectivity index (χ1) is 7.20. The highest BCUT2D eigenvalue weighted by atomic mass is 17.0. The second-order valence-electron chi connectivity index (χ2n) is 3.76. The maximum Gasteiger partial charge on any atom is 0.225 e. The lowest BCUT2D eigenvalue weighted by atomic mass is 10.1. The topological polar surface area (TPSA) is 49.8 Å². The van der Waals surface area contributed by atoms with E-state index < -0.39 is 0 Å². The SMILES string of the molecule is CCN(O)[C@@H](C)Cc1ccc2ooc2c1. The molecule has 0 aliphatic rings. The minimum atomic E-state index is 0.106. The van der Waals surface area contributed by atoms with Crippen molar-refractivity contribution in [2.45, 2.75) is 26.3 Å². The van der Waals surface area contributed by atoms with E-state index in [9.17, 15) is 5.21 Å². The zero-order valence-corrected chi connectivity index (χ0v) is 8.93. The molecule has 0 saturated carbocycles. The summed E-state index contributed by atoms with van der Waals surface area (Å²) in [6, 6.07) is 5.92. The number of benzene rings is 1. The normalized spacial score (nSPS) is 13.9. The molecule has 0 amide bonds. The molecule has 0 bridgehead atoms. The van der Waals surface area contributed by atoms with Crippen LogP contribution in [0.3, 0.4) is 0 Å². The van der Waals surface area contributed by atoms with E-state index in [4.69, 9.17) is 9.15 Å². The maximum absolute atomic E-state index is 9.50. The number of nitrogens with zero attached hydrogens (tertiary/aromatic N) is 1. The van der Waals surface area contributed by atoms with Crippen molar-refractivity contribution in [3.8, 4) is 0 Å². The van der Waals surface area contributed by atoms with Gasteiger partial charge in [-0.3, -0.25) is 9.15 Å². The summed E-state index contributed by atoms with van der Waals surface area (Å²) in [6.07, 6.45) is 0.793. The van der Waals surface area contributed by atoms with Crippen LogP contribution in [0.25, 0.3) is 11.2 Å². The van der Waals surface area contributed by atoms with Crippen molar-refractivity contribution in [2.75, 3.05) is 6.54 Å². The Kier molecular flexibility index (Phi) is 2.79. The highest BCUT2D eigenvalue weighted by Crippen LogP contribution is 2.20. The monoisotopic (exact) mass is 209 g/mol. The zero-order chi connectivity index (χ0) is 10.8. The highest BCUT2D eigenvalue weighted by molar-refractivity contribution is 5.71. The highest BCUT2D eigenvalue weighted by Gasteiger charge is 2.12. The van der Waals surface area contributed by atoms with E-state index in [0.29, 0.717) is 6.54 Å². The van der Waals surface area contributed by atoms with Crippen molar-refractivity contribution in [3.63, 3.8) is 0 Å². The van der Waals surface area contributed by atoms with Gasteiger partial charge in [-0.1, -0.05) is 13.0 Å². The van der Waals surface area contributed by atoms with E-state index in [2.05, 4.69) is 0 Å². The fraction of sp³-hybridized carbons (Fsp3) is 0.455. The molecule has 4 nitrogen and oxygen atoms in total. The number of likely N-dealkylation sites (N-methyl/N-ethyl adjacent to an activating group) is 1. The van der Waals surface area contributed by atoms with Gasteiger partial charge in [-0.25, -0.2) is 0 Å². The number of rotatable bonds is 4. The molecule has 1 atom stereocenters. The third kappa shape index (κ3) is 2.06. The van der Waals surface area contributed by atoms with E-state index in [1.54, 1.807) is 0 Å². The third-order valence-corrected chi connectivity index (χ3v) is 2.59. The number of hydroxylamine groups is 2. The van der Waals surface area contributed by atoms with Crippen molar-refractivity contribution >= 4 is 11.2 Å². The number of hydrogen-bond acceptors (Lipinski definition) is 4. The van der Waals surface area contributed by atoms with Gasteiger partial charge in [0, 0.05) is 12.6 Å². The van der Waals surface area contributed by atoms with Crippen molar-refractivity contribution < 1.29 is 14.4 Å². The van der Waals surface area contributed by atoms with Crippen molar-refractivity contribution in [2.24, 2.45) is 0 Å². The molecule has 0 aliphatic carbocycles. The Bertz CT molecular complexity index is 432. The smallest absolute Gasteiger partial charge is 0.225 e. The lowest BCUT2D eigenvalue weighted by Crippen LogP contribution is -2.31. The summed E-state index contributed by atoms with van der Waals surface area (Å²) in [5.41, 5.74) is 2.69. The fourth-order valence-corrected chi connectivity index (χ4v) is 1.63. The summed E-state index contributed by atoms with van der Waals surface area (Å²) >= 11 is 0. The molecule has 2 rings (SSSR count). The van der Waals surface area contributed by atoms with Gasteiger partial charge in [-0.2, -0.15) is 5.06 Å². The van der Waals surface area contributed by atoms with E-state index in [1.165, 1.54) is 5.06 Å². The second-order valence-corrected chi connectivity index (χ2v) is 3.76. The molecule has 0 fully saturated rings. The van der Waals surface area contributed by atoms with Crippen LogP contribution in [0.1, 0.15) is 19.4 Å². The maximum atomic E-state index is 9.50. The zero-order valence-electron chi connectivity index (χ0n) is 8.93. The molecule has 15 heavy (non-hydrogen) atoms. The van der Waals surface area contributed by atoms with Gasteiger partial charge < -0.3 is 5.21 Å². The Hall–Kier alpha value is -1.26. The van der Waals surface area contributed by atoms with Crippen molar-refractivity contribution in [1.82, 2.24) is 5.06 Å². The first-order valence-corrected chi connectivity index (χ1v) is 5.13. The molecule has 0 saturated heterocycles. The van der Waals surface area contributed by atoms with Crippen LogP contribution < -0.4 is 0 Å². The Morgan fingerprint density at radius 2 is 2.07 bits per heavy atom. The molecule has 0 unspecified atom stereocenters. The Balaban J connectivity index is 2.06. The molecule has 4 heteroatoms. The molecule has 1 aromatic heterocycles. The second kappa shape index (κ2) is 4.08. The minimum absolute atomic E-state index is 0.106.